The van der Waals surface area contributed by atoms with Crippen molar-refractivity contribution in [3.05, 3.63) is 47.8 Å². The van der Waals surface area contributed by atoms with Crippen molar-refractivity contribution < 1.29 is 4.79 Å². The van der Waals surface area contributed by atoms with Crippen LogP contribution in [0.4, 0.5) is 5.69 Å². The zero-order chi connectivity index (χ0) is 15.4. The lowest BCUT2D eigenvalue weighted by molar-refractivity contribution is -0.120. The average Bonchev–Trinajstić information content (AvgIpc) is 2.97. The van der Waals surface area contributed by atoms with Gasteiger partial charge in [-0.05, 0) is 30.9 Å². The normalized spacial score (nSPS) is 15.7. The first-order chi connectivity index (χ1) is 10.7. The Morgan fingerprint density at radius 2 is 2.05 bits per heavy atom. The van der Waals surface area contributed by atoms with Crippen molar-refractivity contribution >= 4 is 11.6 Å². The third kappa shape index (κ3) is 3.56. The van der Waals surface area contributed by atoms with Gasteiger partial charge >= 0.3 is 0 Å². The van der Waals surface area contributed by atoms with E-state index in [9.17, 15) is 4.79 Å². The van der Waals surface area contributed by atoms with Gasteiger partial charge in [0.05, 0.1) is 18.4 Å². The summed E-state index contributed by atoms with van der Waals surface area (Å²) in [6, 6.07) is 8.29. The Hall–Kier alpha value is -2.10. The number of nitrogens with zero attached hydrogens (tertiary/aromatic N) is 2. The van der Waals surface area contributed by atoms with Gasteiger partial charge in [0, 0.05) is 12.1 Å². The number of rotatable bonds is 4. The van der Waals surface area contributed by atoms with Crippen LogP contribution in [0, 0.1) is 12.8 Å². The van der Waals surface area contributed by atoms with E-state index in [1.807, 2.05) is 23.0 Å². The van der Waals surface area contributed by atoms with Gasteiger partial charge in [-0.25, -0.2) is 0 Å². The van der Waals surface area contributed by atoms with E-state index in [0.29, 0.717) is 0 Å². The summed E-state index contributed by atoms with van der Waals surface area (Å²) in [5.41, 5.74) is 3.30. The van der Waals surface area contributed by atoms with Gasteiger partial charge in [-0.1, -0.05) is 43.5 Å². The van der Waals surface area contributed by atoms with Crippen LogP contribution in [0.25, 0.3) is 0 Å². The molecule has 0 aliphatic heterocycles. The molecule has 2 aromatic rings. The number of hydrogen-bond donors (Lipinski definition) is 1. The highest BCUT2D eigenvalue weighted by Crippen LogP contribution is 2.24. The predicted molar refractivity (Wildman–Crippen MR) is 87.7 cm³/mol. The largest absolute Gasteiger partial charge is 0.323 e. The second-order valence-electron chi connectivity index (χ2n) is 6.18. The molecule has 0 radical (unpaired) electrons. The van der Waals surface area contributed by atoms with E-state index in [1.54, 1.807) is 6.20 Å². The second-order valence-corrected chi connectivity index (χ2v) is 6.18. The van der Waals surface area contributed by atoms with Gasteiger partial charge in [0.15, 0.2) is 0 Å². The van der Waals surface area contributed by atoms with Crippen LogP contribution in [0.15, 0.2) is 36.7 Å². The Bertz CT molecular complexity index is 641. The summed E-state index contributed by atoms with van der Waals surface area (Å²) >= 11 is 0. The molecule has 116 valence electrons. The first-order valence-corrected chi connectivity index (χ1v) is 8.10. The average molecular weight is 297 g/mol. The van der Waals surface area contributed by atoms with Gasteiger partial charge in [-0.3, -0.25) is 9.48 Å². The number of nitrogens with one attached hydrogen (secondary N) is 1. The zero-order valence-electron chi connectivity index (χ0n) is 13.1. The lowest BCUT2D eigenvalue weighted by Crippen LogP contribution is -2.24. The van der Waals surface area contributed by atoms with Gasteiger partial charge in [0.1, 0.15) is 0 Å². The van der Waals surface area contributed by atoms with Crippen molar-refractivity contribution in [1.29, 1.82) is 0 Å². The molecule has 0 bridgehead atoms. The van der Waals surface area contributed by atoms with Gasteiger partial charge in [0.25, 0.3) is 0 Å². The quantitative estimate of drug-likeness (QED) is 0.934. The van der Waals surface area contributed by atoms with Gasteiger partial charge in [-0.15, -0.1) is 0 Å². The minimum absolute atomic E-state index is 0.148. The molecule has 1 fully saturated rings. The van der Waals surface area contributed by atoms with Crippen LogP contribution in [-0.4, -0.2) is 15.7 Å². The summed E-state index contributed by atoms with van der Waals surface area (Å²) in [5, 5.41) is 7.36. The molecule has 0 spiro atoms. The van der Waals surface area contributed by atoms with Crippen LogP contribution in [0.5, 0.6) is 0 Å². The van der Waals surface area contributed by atoms with Crippen LogP contribution >= 0.6 is 0 Å². The molecule has 3 rings (SSSR count). The fraction of sp³-hybridized carbons (Fsp3) is 0.444. The molecule has 1 N–H and O–H groups in total. The molecule has 1 heterocycles. The van der Waals surface area contributed by atoms with E-state index in [1.165, 1.54) is 30.4 Å². The van der Waals surface area contributed by atoms with Gasteiger partial charge < -0.3 is 5.32 Å². The zero-order valence-corrected chi connectivity index (χ0v) is 13.1. The lowest BCUT2D eigenvalue weighted by Gasteiger charge is -2.20. The number of amides is 1. The highest BCUT2D eigenvalue weighted by molar-refractivity contribution is 5.92. The molecule has 0 unspecified atom stereocenters. The first kappa shape index (κ1) is 14.8. The molecule has 22 heavy (non-hydrogen) atoms. The summed E-state index contributed by atoms with van der Waals surface area (Å²) in [7, 11) is 0. The van der Waals surface area contributed by atoms with Crippen LogP contribution in [-0.2, 0) is 11.3 Å². The van der Waals surface area contributed by atoms with E-state index in [2.05, 4.69) is 29.5 Å². The molecule has 1 saturated carbocycles. The number of carbonyl (C=O) groups is 1. The lowest BCUT2D eigenvalue weighted by atomic mass is 9.89. The first-order valence-electron chi connectivity index (χ1n) is 8.10. The van der Waals surface area contributed by atoms with E-state index < -0.39 is 0 Å². The maximum atomic E-state index is 12.2. The van der Waals surface area contributed by atoms with Crippen molar-refractivity contribution in [2.45, 2.75) is 45.6 Å². The molecular weight excluding hydrogens is 274 g/mol. The second kappa shape index (κ2) is 6.77. The van der Waals surface area contributed by atoms with Crippen molar-refractivity contribution in [1.82, 2.24) is 9.78 Å². The van der Waals surface area contributed by atoms with Crippen molar-refractivity contribution in [2.24, 2.45) is 5.92 Å². The van der Waals surface area contributed by atoms with Crippen LogP contribution in [0.1, 0.15) is 43.2 Å². The summed E-state index contributed by atoms with van der Waals surface area (Å²) in [4.78, 5) is 12.2. The van der Waals surface area contributed by atoms with Crippen molar-refractivity contribution in [3.8, 4) is 0 Å². The molecule has 1 amide bonds. The number of anilines is 1. The standard InChI is InChI=1S/C18H23N3O/c1-14-7-5-6-10-16(14)12-21-13-17(11-19-21)20-18(22)15-8-3-2-4-9-15/h5-7,10-11,13,15H,2-4,8-9,12H2,1H3,(H,20,22). The monoisotopic (exact) mass is 297 g/mol. The molecule has 4 nitrogen and oxygen atoms in total. The number of aromatic nitrogens is 2. The van der Waals surface area contributed by atoms with Crippen molar-refractivity contribution in [3.63, 3.8) is 0 Å². The highest BCUT2D eigenvalue weighted by Gasteiger charge is 2.21. The molecule has 1 aromatic carbocycles. The number of carbonyl (C=O) groups excluding carboxylic acids is 1. The number of benzene rings is 1. The fourth-order valence-corrected chi connectivity index (χ4v) is 3.09. The molecular formula is C18H23N3O. The van der Waals surface area contributed by atoms with Crippen molar-refractivity contribution in [2.75, 3.05) is 5.32 Å². The Balaban J connectivity index is 1.61. The molecule has 0 atom stereocenters. The molecule has 1 aliphatic carbocycles. The molecule has 0 saturated heterocycles. The maximum Gasteiger partial charge on any atom is 0.227 e. The Kier molecular flexibility index (Phi) is 4.56. The van der Waals surface area contributed by atoms with E-state index >= 15 is 0 Å². The molecule has 1 aromatic heterocycles. The SMILES string of the molecule is Cc1ccccc1Cn1cc(NC(=O)C2CCCCC2)cn1. The summed E-state index contributed by atoms with van der Waals surface area (Å²) in [5.74, 6) is 0.323. The van der Waals surface area contributed by atoms with E-state index in [0.717, 1.165) is 25.1 Å². The van der Waals surface area contributed by atoms with Gasteiger partial charge in [0.2, 0.25) is 5.91 Å². The topological polar surface area (TPSA) is 46.9 Å². The summed E-state index contributed by atoms with van der Waals surface area (Å²) in [6.07, 6.45) is 9.28. The van der Waals surface area contributed by atoms with E-state index in [4.69, 9.17) is 0 Å². The van der Waals surface area contributed by atoms with Crippen LogP contribution < -0.4 is 5.32 Å². The Morgan fingerprint density at radius 3 is 2.82 bits per heavy atom. The predicted octanol–water partition coefficient (Wildman–Crippen LogP) is 3.76. The molecule has 4 heteroatoms. The summed E-state index contributed by atoms with van der Waals surface area (Å²) < 4.78 is 1.87. The van der Waals surface area contributed by atoms with Crippen LogP contribution in [0.2, 0.25) is 0 Å². The number of hydrogen-bond acceptors (Lipinski definition) is 2. The summed E-state index contributed by atoms with van der Waals surface area (Å²) in [6.45, 7) is 2.83. The van der Waals surface area contributed by atoms with Gasteiger partial charge in [-0.2, -0.15) is 5.10 Å². The molecule has 1 aliphatic rings. The minimum Gasteiger partial charge on any atom is -0.323 e. The fourth-order valence-electron chi connectivity index (χ4n) is 3.09. The minimum atomic E-state index is 0.148. The van der Waals surface area contributed by atoms with E-state index in [-0.39, 0.29) is 11.8 Å². The third-order valence-corrected chi connectivity index (χ3v) is 4.47. The third-order valence-electron chi connectivity index (χ3n) is 4.47. The Labute approximate surface area is 131 Å². The number of aryl methyl sites for hydroxylation is 1. The van der Waals surface area contributed by atoms with Crippen LogP contribution in [0.3, 0.4) is 0 Å². The smallest absolute Gasteiger partial charge is 0.227 e. The highest BCUT2D eigenvalue weighted by atomic mass is 16.1. The maximum absolute atomic E-state index is 12.2. The Morgan fingerprint density at radius 1 is 1.27 bits per heavy atom.